The predicted molar refractivity (Wildman–Crippen MR) is 76.7 cm³/mol. The summed E-state index contributed by atoms with van der Waals surface area (Å²) in [6, 6.07) is 8.94. The van der Waals surface area contributed by atoms with Crippen molar-refractivity contribution >= 4 is 17.5 Å². The van der Waals surface area contributed by atoms with Crippen LogP contribution in [0.5, 0.6) is 0 Å². The highest BCUT2D eigenvalue weighted by Gasteiger charge is 2.17. The quantitative estimate of drug-likeness (QED) is 0.776. The molecule has 0 saturated carbocycles. The average Bonchev–Trinajstić information content (AvgIpc) is 3.16. The predicted octanol–water partition coefficient (Wildman–Crippen LogP) is 2.65. The van der Waals surface area contributed by atoms with Crippen LogP contribution in [0.15, 0.2) is 47.3 Å². The number of hydrogen-bond acceptors (Lipinski definition) is 4. The van der Waals surface area contributed by atoms with E-state index in [1.165, 1.54) is 12.5 Å². The van der Waals surface area contributed by atoms with Crippen LogP contribution in [0.2, 0.25) is 5.02 Å². The van der Waals surface area contributed by atoms with E-state index in [-0.39, 0.29) is 12.5 Å². The van der Waals surface area contributed by atoms with E-state index >= 15 is 0 Å². The van der Waals surface area contributed by atoms with Crippen molar-refractivity contribution < 1.29 is 9.32 Å². The summed E-state index contributed by atoms with van der Waals surface area (Å²) < 4.78 is 4.71. The number of carbonyl (C=O) groups is 1. The molecule has 2 N–H and O–H groups in total. The Bertz CT molecular complexity index is 752. The maximum atomic E-state index is 12.2. The van der Waals surface area contributed by atoms with Crippen molar-refractivity contribution in [2.24, 2.45) is 0 Å². The van der Waals surface area contributed by atoms with Gasteiger partial charge in [-0.05, 0) is 6.07 Å². The Balaban J connectivity index is 1.82. The number of amides is 1. The molecule has 0 fully saturated rings. The standard InChI is InChI=1S/C14H11ClN4O2/c15-12-4-2-1-3-10(12)13-11(8-17-18-13)14(20)16-7-9-5-6-21-19-9/h1-6,8H,7H2,(H,16,20)(H,17,18). The Hall–Kier alpha value is -2.60. The molecule has 6 nitrogen and oxygen atoms in total. The minimum Gasteiger partial charge on any atom is -0.364 e. The van der Waals surface area contributed by atoms with Crippen molar-refractivity contribution in [3.63, 3.8) is 0 Å². The van der Waals surface area contributed by atoms with Crippen LogP contribution in [0.25, 0.3) is 11.3 Å². The number of nitrogens with one attached hydrogen (secondary N) is 2. The Morgan fingerprint density at radius 2 is 2.19 bits per heavy atom. The molecule has 0 atom stereocenters. The first kappa shape index (κ1) is 13.4. The molecule has 1 amide bonds. The summed E-state index contributed by atoms with van der Waals surface area (Å²) in [6.45, 7) is 0.280. The van der Waals surface area contributed by atoms with Crippen LogP contribution in [-0.4, -0.2) is 21.3 Å². The summed E-state index contributed by atoms with van der Waals surface area (Å²) >= 11 is 6.15. The molecule has 0 unspecified atom stereocenters. The molecule has 3 aromatic rings. The number of hydrogen-bond donors (Lipinski definition) is 2. The van der Waals surface area contributed by atoms with Gasteiger partial charge in [0.1, 0.15) is 12.0 Å². The molecule has 0 aliphatic heterocycles. The zero-order chi connectivity index (χ0) is 14.7. The molecule has 0 aliphatic rings. The van der Waals surface area contributed by atoms with Gasteiger partial charge in [-0.3, -0.25) is 9.89 Å². The van der Waals surface area contributed by atoms with Gasteiger partial charge in [-0.25, -0.2) is 0 Å². The largest absolute Gasteiger partial charge is 0.364 e. The maximum Gasteiger partial charge on any atom is 0.255 e. The smallest absolute Gasteiger partial charge is 0.255 e. The molecule has 0 spiro atoms. The molecule has 21 heavy (non-hydrogen) atoms. The molecule has 0 radical (unpaired) electrons. The third kappa shape index (κ3) is 2.80. The van der Waals surface area contributed by atoms with Crippen LogP contribution in [0, 0.1) is 0 Å². The lowest BCUT2D eigenvalue weighted by Gasteiger charge is -2.05. The minimum absolute atomic E-state index is 0.262. The fourth-order valence-corrected chi connectivity index (χ4v) is 2.15. The molecule has 2 aromatic heterocycles. The van der Waals surface area contributed by atoms with Gasteiger partial charge in [0.25, 0.3) is 5.91 Å². The highest BCUT2D eigenvalue weighted by Crippen LogP contribution is 2.28. The summed E-state index contributed by atoms with van der Waals surface area (Å²) in [5.41, 5.74) is 2.37. The second-order valence-electron chi connectivity index (χ2n) is 4.31. The molecule has 1 aromatic carbocycles. The molecule has 0 saturated heterocycles. The monoisotopic (exact) mass is 302 g/mol. The molecule has 3 rings (SSSR count). The second-order valence-corrected chi connectivity index (χ2v) is 4.72. The van der Waals surface area contributed by atoms with Crippen LogP contribution in [0.4, 0.5) is 0 Å². The average molecular weight is 303 g/mol. The van der Waals surface area contributed by atoms with Crippen molar-refractivity contribution in [1.29, 1.82) is 0 Å². The summed E-state index contributed by atoms with van der Waals surface area (Å²) in [7, 11) is 0. The number of nitrogens with zero attached hydrogens (tertiary/aromatic N) is 2. The van der Waals surface area contributed by atoms with Gasteiger partial charge in [0, 0.05) is 16.7 Å². The Morgan fingerprint density at radius 3 is 2.95 bits per heavy atom. The number of rotatable bonds is 4. The maximum absolute atomic E-state index is 12.2. The topological polar surface area (TPSA) is 83.8 Å². The molecule has 2 heterocycles. The number of carbonyl (C=O) groups excluding carboxylic acids is 1. The number of aromatic nitrogens is 3. The molecule has 0 bridgehead atoms. The fourth-order valence-electron chi connectivity index (χ4n) is 1.92. The van der Waals surface area contributed by atoms with E-state index in [0.29, 0.717) is 22.0 Å². The Morgan fingerprint density at radius 1 is 1.33 bits per heavy atom. The van der Waals surface area contributed by atoms with E-state index in [9.17, 15) is 4.79 Å². The van der Waals surface area contributed by atoms with Crippen LogP contribution in [0.1, 0.15) is 16.1 Å². The first-order chi connectivity index (χ1) is 10.3. The number of aromatic amines is 1. The van der Waals surface area contributed by atoms with Gasteiger partial charge in [0.05, 0.1) is 24.0 Å². The van der Waals surface area contributed by atoms with Crippen molar-refractivity contribution in [3.05, 3.63) is 59.1 Å². The summed E-state index contributed by atoms with van der Waals surface area (Å²) in [5.74, 6) is -0.262. The Labute approximate surface area is 125 Å². The van der Waals surface area contributed by atoms with E-state index in [4.69, 9.17) is 16.1 Å². The van der Waals surface area contributed by atoms with Gasteiger partial charge in [0.15, 0.2) is 0 Å². The number of benzene rings is 1. The van der Waals surface area contributed by atoms with Crippen LogP contribution < -0.4 is 5.32 Å². The third-order valence-corrected chi connectivity index (χ3v) is 3.28. The van der Waals surface area contributed by atoms with E-state index in [2.05, 4.69) is 20.7 Å². The molecule has 106 valence electrons. The van der Waals surface area contributed by atoms with Crippen molar-refractivity contribution in [2.75, 3.05) is 0 Å². The van der Waals surface area contributed by atoms with Crippen molar-refractivity contribution in [1.82, 2.24) is 20.7 Å². The SMILES string of the molecule is O=C(NCc1ccon1)c1cn[nH]c1-c1ccccc1Cl. The lowest BCUT2D eigenvalue weighted by Crippen LogP contribution is -2.23. The second kappa shape index (κ2) is 5.80. The van der Waals surface area contributed by atoms with Crippen LogP contribution >= 0.6 is 11.6 Å². The van der Waals surface area contributed by atoms with E-state index in [1.807, 2.05) is 18.2 Å². The third-order valence-electron chi connectivity index (χ3n) is 2.95. The van der Waals surface area contributed by atoms with Gasteiger partial charge in [-0.2, -0.15) is 5.10 Å². The van der Waals surface area contributed by atoms with Crippen molar-refractivity contribution in [2.45, 2.75) is 6.54 Å². The van der Waals surface area contributed by atoms with E-state index < -0.39 is 0 Å². The van der Waals surface area contributed by atoms with Gasteiger partial charge in [0.2, 0.25) is 0 Å². The Kier molecular flexibility index (Phi) is 3.70. The first-order valence-electron chi connectivity index (χ1n) is 6.21. The van der Waals surface area contributed by atoms with E-state index in [0.717, 1.165) is 5.56 Å². The van der Waals surface area contributed by atoms with Crippen LogP contribution in [-0.2, 0) is 6.54 Å². The van der Waals surface area contributed by atoms with Gasteiger partial charge >= 0.3 is 0 Å². The first-order valence-corrected chi connectivity index (χ1v) is 6.59. The molecule has 7 heteroatoms. The molecular formula is C14H11ClN4O2. The summed E-state index contributed by atoms with van der Waals surface area (Å²) in [5, 5.41) is 13.8. The minimum atomic E-state index is -0.262. The van der Waals surface area contributed by atoms with Crippen molar-refractivity contribution in [3.8, 4) is 11.3 Å². The van der Waals surface area contributed by atoms with E-state index in [1.54, 1.807) is 12.1 Å². The molecule has 0 aliphatic carbocycles. The van der Waals surface area contributed by atoms with Gasteiger partial charge in [-0.15, -0.1) is 0 Å². The number of H-pyrrole nitrogens is 1. The summed E-state index contributed by atoms with van der Waals surface area (Å²) in [4.78, 5) is 12.2. The zero-order valence-corrected chi connectivity index (χ0v) is 11.6. The summed E-state index contributed by atoms with van der Waals surface area (Å²) in [6.07, 6.45) is 2.92. The normalized spacial score (nSPS) is 10.5. The molecular weight excluding hydrogens is 292 g/mol. The number of halogens is 1. The highest BCUT2D eigenvalue weighted by atomic mass is 35.5. The zero-order valence-electron chi connectivity index (χ0n) is 10.8. The lowest BCUT2D eigenvalue weighted by atomic mass is 10.1. The highest BCUT2D eigenvalue weighted by molar-refractivity contribution is 6.33. The van der Waals surface area contributed by atoms with Crippen LogP contribution in [0.3, 0.4) is 0 Å². The fraction of sp³-hybridized carbons (Fsp3) is 0.0714. The van der Waals surface area contributed by atoms with Gasteiger partial charge < -0.3 is 9.84 Å². The lowest BCUT2D eigenvalue weighted by molar-refractivity contribution is 0.0951. The van der Waals surface area contributed by atoms with Gasteiger partial charge in [-0.1, -0.05) is 35.0 Å².